The lowest BCUT2D eigenvalue weighted by molar-refractivity contribution is 0.247. The molecule has 1 aliphatic rings. The number of thiophene rings is 1. The van der Waals surface area contributed by atoms with Gasteiger partial charge in [-0.05, 0) is 11.4 Å². The Labute approximate surface area is 143 Å². The summed E-state index contributed by atoms with van der Waals surface area (Å²) in [6, 6.07) is 4.21. The first-order valence-electron chi connectivity index (χ1n) is 7.60. The van der Waals surface area contributed by atoms with Crippen LogP contribution in [-0.4, -0.2) is 46.0 Å². The predicted octanol–water partition coefficient (Wildman–Crippen LogP) is 2.98. The average molecular weight is 343 g/mol. The Morgan fingerprint density at radius 1 is 1.09 bits per heavy atom. The van der Waals surface area contributed by atoms with E-state index in [0.29, 0.717) is 0 Å². The molecule has 0 radical (unpaired) electrons. The molecule has 118 valence electrons. The van der Waals surface area contributed by atoms with Crippen molar-refractivity contribution in [2.75, 3.05) is 31.1 Å². The van der Waals surface area contributed by atoms with E-state index in [4.69, 9.17) is 4.98 Å². The second-order valence-electron chi connectivity index (χ2n) is 5.45. The quantitative estimate of drug-likeness (QED) is 0.729. The molecule has 0 unspecified atom stereocenters. The van der Waals surface area contributed by atoms with Crippen molar-refractivity contribution in [3.8, 4) is 9.88 Å². The molecule has 1 fully saturated rings. The van der Waals surface area contributed by atoms with E-state index in [1.807, 2.05) is 6.20 Å². The average Bonchev–Trinajstić information content (AvgIpc) is 3.28. The van der Waals surface area contributed by atoms with Crippen LogP contribution in [0, 0.1) is 0 Å². The lowest BCUT2D eigenvalue weighted by Crippen LogP contribution is -2.46. The third-order valence-corrected chi connectivity index (χ3v) is 5.85. The maximum Gasteiger partial charge on any atom is 0.147 e. The van der Waals surface area contributed by atoms with E-state index < -0.39 is 0 Å². The predicted molar refractivity (Wildman–Crippen MR) is 94.9 cm³/mol. The van der Waals surface area contributed by atoms with Gasteiger partial charge < -0.3 is 4.90 Å². The Balaban J connectivity index is 1.35. The highest BCUT2D eigenvalue weighted by Crippen LogP contribution is 2.28. The van der Waals surface area contributed by atoms with E-state index in [1.165, 1.54) is 10.6 Å². The van der Waals surface area contributed by atoms with Crippen LogP contribution in [0.15, 0.2) is 41.5 Å². The van der Waals surface area contributed by atoms with Crippen LogP contribution in [-0.2, 0) is 6.54 Å². The molecular weight excluding hydrogens is 326 g/mol. The first kappa shape index (κ1) is 14.7. The van der Waals surface area contributed by atoms with Crippen molar-refractivity contribution in [3.05, 3.63) is 47.2 Å². The second-order valence-corrected chi connectivity index (χ2v) is 7.25. The highest BCUT2D eigenvalue weighted by atomic mass is 32.1. The number of hydrogen-bond donors (Lipinski definition) is 0. The maximum absolute atomic E-state index is 4.78. The summed E-state index contributed by atoms with van der Waals surface area (Å²) in [6.45, 7) is 4.96. The molecule has 0 aliphatic carbocycles. The zero-order valence-electron chi connectivity index (χ0n) is 12.6. The maximum atomic E-state index is 4.78. The van der Waals surface area contributed by atoms with Crippen molar-refractivity contribution in [2.24, 2.45) is 0 Å². The monoisotopic (exact) mass is 343 g/mol. The van der Waals surface area contributed by atoms with E-state index >= 15 is 0 Å². The largest absolute Gasteiger partial charge is 0.353 e. The zero-order chi connectivity index (χ0) is 15.5. The lowest BCUT2D eigenvalue weighted by Gasteiger charge is -2.34. The third-order valence-electron chi connectivity index (χ3n) is 3.92. The van der Waals surface area contributed by atoms with Gasteiger partial charge in [0.15, 0.2) is 0 Å². The van der Waals surface area contributed by atoms with Crippen LogP contribution in [0.25, 0.3) is 9.88 Å². The Bertz CT molecular complexity index is 733. The molecule has 3 aromatic rings. The molecule has 0 atom stereocenters. The molecule has 0 amide bonds. The molecule has 4 heterocycles. The standard InChI is InChI=1S/C16H17N5S2/c1-2-14(22-9-1)16-19-13(12-23-16)11-20-5-7-21(8-6-20)15-10-17-3-4-18-15/h1-4,9-10,12H,5-8,11H2. The summed E-state index contributed by atoms with van der Waals surface area (Å²) in [5, 5.41) is 5.42. The molecule has 4 rings (SSSR count). The molecule has 7 heteroatoms. The van der Waals surface area contributed by atoms with Gasteiger partial charge in [0.2, 0.25) is 0 Å². The SMILES string of the molecule is c1csc(-c2nc(CN3CCN(c4cnccn4)CC3)cs2)c1. The van der Waals surface area contributed by atoms with E-state index in [0.717, 1.165) is 43.5 Å². The highest BCUT2D eigenvalue weighted by molar-refractivity contribution is 7.20. The minimum absolute atomic E-state index is 0.927. The molecule has 0 saturated carbocycles. The smallest absolute Gasteiger partial charge is 0.147 e. The Kier molecular flexibility index (Phi) is 4.32. The summed E-state index contributed by atoms with van der Waals surface area (Å²) in [6.07, 6.45) is 5.31. The molecule has 0 bridgehead atoms. The molecule has 1 aliphatic heterocycles. The Morgan fingerprint density at radius 2 is 2.00 bits per heavy atom. The van der Waals surface area contributed by atoms with Crippen LogP contribution >= 0.6 is 22.7 Å². The van der Waals surface area contributed by atoms with Gasteiger partial charge in [0.1, 0.15) is 10.8 Å². The number of hydrogen-bond acceptors (Lipinski definition) is 7. The van der Waals surface area contributed by atoms with Crippen molar-refractivity contribution >= 4 is 28.5 Å². The van der Waals surface area contributed by atoms with Gasteiger partial charge in [-0.1, -0.05) is 6.07 Å². The summed E-state index contributed by atoms with van der Waals surface area (Å²) in [5.74, 6) is 0.973. The highest BCUT2D eigenvalue weighted by Gasteiger charge is 2.19. The fraction of sp³-hybridized carbons (Fsp3) is 0.312. The number of aromatic nitrogens is 3. The van der Waals surface area contributed by atoms with Gasteiger partial charge >= 0.3 is 0 Å². The van der Waals surface area contributed by atoms with Crippen molar-refractivity contribution in [1.82, 2.24) is 19.9 Å². The summed E-state index contributed by atoms with van der Waals surface area (Å²) in [7, 11) is 0. The van der Waals surface area contributed by atoms with E-state index in [1.54, 1.807) is 35.1 Å². The molecular formula is C16H17N5S2. The number of thiazole rings is 1. The van der Waals surface area contributed by atoms with Crippen molar-refractivity contribution in [3.63, 3.8) is 0 Å². The normalized spacial score (nSPS) is 15.9. The van der Waals surface area contributed by atoms with Crippen molar-refractivity contribution in [1.29, 1.82) is 0 Å². The Morgan fingerprint density at radius 3 is 2.74 bits per heavy atom. The first-order chi connectivity index (χ1) is 11.4. The van der Waals surface area contributed by atoms with Crippen LogP contribution in [0.1, 0.15) is 5.69 Å². The lowest BCUT2D eigenvalue weighted by atomic mass is 10.3. The fourth-order valence-corrected chi connectivity index (χ4v) is 4.34. The molecule has 23 heavy (non-hydrogen) atoms. The van der Waals surface area contributed by atoms with Crippen LogP contribution < -0.4 is 4.90 Å². The molecule has 0 N–H and O–H groups in total. The number of piperazine rings is 1. The summed E-state index contributed by atoms with van der Waals surface area (Å²) >= 11 is 3.49. The second kappa shape index (κ2) is 6.74. The van der Waals surface area contributed by atoms with Gasteiger partial charge in [-0.25, -0.2) is 9.97 Å². The van der Waals surface area contributed by atoms with Gasteiger partial charge in [-0.3, -0.25) is 9.88 Å². The summed E-state index contributed by atoms with van der Waals surface area (Å²) in [5.41, 5.74) is 1.17. The number of rotatable bonds is 4. The first-order valence-corrected chi connectivity index (χ1v) is 9.36. The van der Waals surface area contributed by atoms with Crippen LogP contribution in [0.2, 0.25) is 0 Å². The topological polar surface area (TPSA) is 45.2 Å². The van der Waals surface area contributed by atoms with Gasteiger partial charge in [0, 0.05) is 50.5 Å². The van der Waals surface area contributed by atoms with Gasteiger partial charge in [0.05, 0.1) is 16.8 Å². The molecule has 1 saturated heterocycles. The van der Waals surface area contributed by atoms with E-state index in [-0.39, 0.29) is 0 Å². The third kappa shape index (κ3) is 3.41. The number of anilines is 1. The van der Waals surface area contributed by atoms with Crippen LogP contribution in [0.3, 0.4) is 0 Å². The van der Waals surface area contributed by atoms with Gasteiger partial charge in [-0.15, -0.1) is 22.7 Å². The minimum Gasteiger partial charge on any atom is -0.353 e. The Hall–Kier alpha value is -1.83. The zero-order valence-corrected chi connectivity index (χ0v) is 14.3. The van der Waals surface area contributed by atoms with Crippen molar-refractivity contribution in [2.45, 2.75) is 6.54 Å². The number of nitrogens with zero attached hydrogens (tertiary/aromatic N) is 5. The summed E-state index contributed by atoms with van der Waals surface area (Å²) < 4.78 is 0. The van der Waals surface area contributed by atoms with Crippen LogP contribution in [0.5, 0.6) is 0 Å². The van der Waals surface area contributed by atoms with Gasteiger partial charge in [-0.2, -0.15) is 0 Å². The van der Waals surface area contributed by atoms with E-state index in [2.05, 4.69) is 42.7 Å². The summed E-state index contributed by atoms with van der Waals surface area (Å²) in [4.78, 5) is 19.3. The molecule has 0 aromatic carbocycles. The van der Waals surface area contributed by atoms with Gasteiger partial charge in [0.25, 0.3) is 0 Å². The molecule has 3 aromatic heterocycles. The van der Waals surface area contributed by atoms with Crippen LogP contribution in [0.4, 0.5) is 5.82 Å². The fourth-order valence-electron chi connectivity index (χ4n) is 2.71. The molecule has 5 nitrogen and oxygen atoms in total. The molecule has 0 spiro atoms. The van der Waals surface area contributed by atoms with Crippen molar-refractivity contribution < 1.29 is 0 Å². The van der Waals surface area contributed by atoms with E-state index in [9.17, 15) is 0 Å². The minimum atomic E-state index is 0.927.